The van der Waals surface area contributed by atoms with Crippen LogP contribution in [0.15, 0.2) is 29.1 Å². The summed E-state index contributed by atoms with van der Waals surface area (Å²) in [6.45, 7) is 5.57. The van der Waals surface area contributed by atoms with Crippen LogP contribution in [0.25, 0.3) is 10.9 Å². The van der Waals surface area contributed by atoms with Crippen molar-refractivity contribution in [1.82, 2.24) is 25.2 Å². The van der Waals surface area contributed by atoms with Crippen molar-refractivity contribution in [3.63, 3.8) is 0 Å². The molecule has 9 nitrogen and oxygen atoms in total. The van der Waals surface area contributed by atoms with E-state index in [2.05, 4.69) is 20.5 Å². The minimum absolute atomic E-state index is 0.104. The highest BCUT2D eigenvalue weighted by Gasteiger charge is 2.35. The van der Waals surface area contributed by atoms with Gasteiger partial charge in [0.05, 0.1) is 38.4 Å². The molecule has 1 fully saturated rings. The number of H-pyrrole nitrogens is 1. The molecule has 1 atom stereocenters. The summed E-state index contributed by atoms with van der Waals surface area (Å²) in [6, 6.07) is 7.44. The molecule has 0 amide bonds. The van der Waals surface area contributed by atoms with Gasteiger partial charge in [-0.15, -0.1) is 5.10 Å². The molecule has 0 radical (unpaired) electrons. The van der Waals surface area contributed by atoms with Crippen molar-refractivity contribution in [2.24, 2.45) is 0 Å². The Hall–Kier alpha value is -2.78. The maximum atomic E-state index is 13.1. The van der Waals surface area contributed by atoms with E-state index in [-0.39, 0.29) is 11.6 Å². The number of aromatic amines is 1. The number of likely N-dealkylation sites (tertiary alicyclic amines) is 1. The number of quaternary nitrogens is 1. The van der Waals surface area contributed by atoms with Crippen molar-refractivity contribution in [3.05, 3.63) is 46.0 Å². The van der Waals surface area contributed by atoms with Crippen LogP contribution in [0.5, 0.6) is 5.75 Å². The molecule has 2 aromatic heterocycles. The summed E-state index contributed by atoms with van der Waals surface area (Å²) in [4.78, 5) is 17.4. The Morgan fingerprint density at radius 3 is 2.86 bits per heavy atom. The van der Waals surface area contributed by atoms with Gasteiger partial charge in [-0.05, 0) is 41.6 Å². The van der Waals surface area contributed by atoms with Gasteiger partial charge in [0, 0.05) is 30.9 Å². The van der Waals surface area contributed by atoms with Gasteiger partial charge in [-0.2, -0.15) is 0 Å². The summed E-state index contributed by atoms with van der Waals surface area (Å²) in [6.07, 6.45) is 2.26. The van der Waals surface area contributed by atoms with E-state index in [0.29, 0.717) is 31.1 Å². The number of methoxy groups -OCH3 is 1. The molecule has 4 rings (SSSR count). The molecule has 0 bridgehead atoms. The summed E-state index contributed by atoms with van der Waals surface area (Å²) in [5.74, 6) is 1.48. The van der Waals surface area contributed by atoms with Crippen LogP contribution in [0.2, 0.25) is 0 Å². The Bertz CT molecular complexity index is 1020. The molecule has 29 heavy (non-hydrogen) atoms. The fourth-order valence-corrected chi connectivity index (χ4v) is 4.09. The number of tetrazole rings is 1. The highest BCUT2D eigenvalue weighted by molar-refractivity contribution is 5.80. The second-order valence-corrected chi connectivity index (χ2v) is 7.29. The average Bonchev–Trinajstić information content (AvgIpc) is 3.40. The molecule has 3 heterocycles. The van der Waals surface area contributed by atoms with E-state index in [1.165, 1.54) is 4.90 Å². The number of rotatable bonds is 8. The maximum absolute atomic E-state index is 13.1. The number of fused-ring (bicyclic) bond motifs is 1. The van der Waals surface area contributed by atoms with Crippen LogP contribution in [-0.4, -0.2) is 58.6 Å². The molecule has 0 spiro atoms. The van der Waals surface area contributed by atoms with E-state index >= 15 is 0 Å². The van der Waals surface area contributed by atoms with Crippen molar-refractivity contribution in [3.8, 4) is 5.75 Å². The van der Waals surface area contributed by atoms with Gasteiger partial charge in [0.15, 0.2) is 6.04 Å². The Balaban J connectivity index is 1.82. The monoisotopic (exact) mass is 399 g/mol. The first-order chi connectivity index (χ1) is 14.2. The molecule has 1 saturated heterocycles. The van der Waals surface area contributed by atoms with Crippen LogP contribution in [0.3, 0.4) is 0 Å². The first kappa shape index (κ1) is 19.5. The smallest absolute Gasteiger partial charge is 0.258 e. The number of aromatic nitrogens is 5. The van der Waals surface area contributed by atoms with E-state index in [4.69, 9.17) is 9.47 Å². The molecular formula is C20H27N6O3+. The van der Waals surface area contributed by atoms with Crippen LogP contribution in [0, 0.1) is 0 Å². The number of nitrogens with zero attached hydrogens (tertiary/aromatic N) is 4. The molecule has 3 aromatic rings. The quantitative estimate of drug-likeness (QED) is 0.566. The van der Waals surface area contributed by atoms with Crippen molar-refractivity contribution in [2.45, 2.75) is 32.4 Å². The molecule has 2 N–H and O–H groups in total. The maximum Gasteiger partial charge on any atom is 0.258 e. The van der Waals surface area contributed by atoms with Crippen LogP contribution < -0.4 is 15.2 Å². The van der Waals surface area contributed by atoms with Gasteiger partial charge < -0.3 is 19.4 Å². The van der Waals surface area contributed by atoms with E-state index in [1.54, 1.807) is 11.8 Å². The lowest BCUT2D eigenvalue weighted by molar-refractivity contribution is -0.914. The van der Waals surface area contributed by atoms with Gasteiger partial charge in [0.2, 0.25) is 5.82 Å². The molecule has 0 aliphatic carbocycles. The predicted molar refractivity (Wildman–Crippen MR) is 107 cm³/mol. The van der Waals surface area contributed by atoms with Crippen LogP contribution in [-0.2, 0) is 11.3 Å². The standard InChI is InChI=1S/C20H26N6O3/c1-3-29-15-6-7-17-14(12-15)13-16(20(27)21-17)18(25-8-4-5-9-25)19-22-23-24-26(19)10-11-28-2/h6-7,12-13,18H,3-5,8-11H2,1-2H3,(H,21,27)/p+1/t18-/m1/s1. The third-order valence-electron chi connectivity index (χ3n) is 5.45. The fourth-order valence-electron chi connectivity index (χ4n) is 4.09. The highest BCUT2D eigenvalue weighted by Crippen LogP contribution is 2.23. The first-order valence-electron chi connectivity index (χ1n) is 10.1. The van der Waals surface area contributed by atoms with Crippen molar-refractivity contribution in [2.75, 3.05) is 33.4 Å². The molecule has 154 valence electrons. The largest absolute Gasteiger partial charge is 0.494 e. The lowest BCUT2D eigenvalue weighted by atomic mass is 10.0. The number of hydrogen-bond donors (Lipinski definition) is 2. The molecule has 0 saturated carbocycles. The van der Waals surface area contributed by atoms with E-state index in [9.17, 15) is 4.79 Å². The lowest BCUT2D eigenvalue weighted by Crippen LogP contribution is -3.10. The third kappa shape index (κ3) is 4.01. The van der Waals surface area contributed by atoms with Gasteiger partial charge in [-0.25, -0.2) is 4.68 Å². The highest BCUT2D eigenvalue weighted by atomic mass is 16.5. The zero-order valence-corrected chi connectivity index (χ0v) is 16.9. The minimum Gasteiger partial charge on any atom is -0.494 e. The van der Waals surface area contributed by atoms with Crippen molar-refractivity contribution < 1.29 is 14.4 Å². The average molecular weight is 399 g/mol. The fraction of sp³-hybridized carbons (Fsp3) is 0.500. The summed E-state index contributed by atoms with van der Waals surface area (Å²) in [5, 5.41) is 13.3. The molecule has 0 unspecified atom stereocenters. The number of benzene rings is 1. The minimum atomic E-state index is -0.228. The normalized spacial score (nSPS) is 15.8. The van der Waals surface area contributed by atoms with Gasteiger partial charge in [0.25, 0.3) is 5.56 Å². The topological polar surface area (TPSA) is 99.4 Å². The zero-order valence-electron chi connectivity index (χ0n) is 16.9. The predicted octanol–water partition coefficient (Wildman–Crippen LogP) is 0.328. The van der Waals surface area contributed by atoms with Gasteiger partial charge in [-0.3, -0.25) is 4.79 Å². The SMILES string of the molecule is CCOc1ccc2[nH]c(=O)c([C@H](c3nnnn3CCOC)[NH+]3CCCC3)cc2c1. The molecule has 1 aliphatic rings. The van der Waals surface area contributed by atoms with Crippen LogP contribution in [0.4, 0.5) is 0 Å². The Morgan fingerprint density at radius 2 is 2.10 bits per heavy atom. The third-order valence-corrected chi connectivity index (χ3v) is 5.45. The molecule has 1 aromatic carbocycles. The van der Waals surface area contributed by atoms with E-state index < -0.39 is 0 Å². The summed E-state index contributed by atoms with van der Waals surface area (Å²) in [7, 11) is 1.65. The number of nitrogens with one attached hydrogen (secondary N) is 2. The number of hydrogen-bond acceptors (Lipinski definition) is 6. The zero-order chi connectivity index (χ0) is 20.2. The van der Waals surface area contributed by atoms with Gasteiger partial charge >= 0.3 is 0 Å². The van der Waals surface area contributed by atoms with Crippen molar-refractivity contribution in [1.29, 1.82) is 0 Å². The summed E-state index contributed by atoms with van der Waals surface area (Å²) in [5.41, 5.74) is 1.36. The molecule has 9 heteroatoms. The number of pyridine rings is 1. The van der Waals surface area contributed by atoms with Crippen molar-refractivity contribution >= 4 is 10.9 Å². The molecular weight excluding hydrogens is 372 g/mol. The Kier molecular flexibility index (Phi) is 5.86. The first-order valence-corrected chi connectivity index (χ1v) is 10.1. The summed E-state index contributed by atoms with van der Waals surface area (Å²) < 4.78 is 12.6. The van der Waals surface area contributed by atoms with Gasteiger partial charge in [-0.1, -0.05) is 0 Å². The Morgan fingerprint density at radius 1 is 1.28 bits per heavy atom. The van der Waals surface area contributed by atoms with Crippen LogP contribution >= 0.6 is 0 Å². The summed E-state index contributed by atoms with van der Waals surface area (Å²) >= 11 is 0. The van der Waals surface area contributed by atoms with E-state index in [0.717, 1.165) is 42.6 Å². The second-order valence-electron chi connectivity index (χ2n) is 7.29. The van der Waals surface area contributed by atoms with Crippen LogP contribution in [0.1, 0.15) is 37.2 Å². The molecule has 1 aliphatic heterocycles. The van der Waals surface area contributed by atoms with Gasteiger partial charge in [0.1, 0.15) is 5.75 Å². The lowest BCUT2D eigenvalue weighted by Gasteiger charge is -2.23. The van der Waals surface area contributed by atoms with E-state index in [1.807, 2.05) is 31.2 Å². The number of ether oxygens (including phenoxy) is 2. The Labute approximate surface area is 168 Å². The second kappa shape index (κ2) is 8.71.